The zero-order chi connectivity index (χ0) is 23.4. The maximum absolute atomic E-state index is 13.4. The van der Waals surface area contributed by atoms with Crippen LogP contribution in [-0.2, 0) is 21.8 Å². The molecule has 1 amide bonds. The molecule has 0 aromatic heterocycles. The van der Waals surface area contributed by atoms with E-state index in [1.807, 2.05) is 24.3 Å². The van der Waals surface area contributed by atoms with Gasteiger partial charge in [-0.15, -0.1) is 0 Å². The largest absolute Gasteiger partial charge is 0.494 e. The molecule has 0 saturated carbocycles. The Morgan fingerprint density at radius 3 is 2.25 bits per heavy atom. The normalized spacial score (nSPS) is 17.8. The fourth-order valence-corrected chi connectivity index (χ4v) is 5.62. The molecule has 1 fully saturated rings. The lowest BCUT2D eigenvalue weighted by molar-refractivity contribution is 0.0681. The quantitative estimate of drug-likeness (QED) is 0.524. The van der Waals surface area contributed by atoms with E-state index < -0.39 is 9.84 Å². The number of ether oxygens (including phenoxy) is 1. The van der Waals surface area contributed by atoms with Crippen LogP contribution in [0.5, 0.6) is 5.75 Å². The summed E-state index contributed by atoms with van der Waals surface area (Å²) in [5, 5.41) is 0. The van der Waals surface area contributed by atoms with Gasteiger partial charge in [-0.3, -0.25) is 4.79 Å². The Labute approximate surface area is 192 Å². The number of rotatable bonds is 8. The van der Waals surface area contributed by atoms with E-state index in [0.29, 0.717) is 25.1 Å². The number of carbonyl (C=O) groups is 1. The smallest absolute Gasteiger partial charge is 0.254 e. The molecule has 174 valence electrons. The molecule has 2 aromatic rings. The van der Waals surface area contributed by atoms with E-state index in [1.54, 1.807) is 17.0 Å². The summed E-state index contributed by atoms with van der Waals surface area (Å²) >= 11 is 0. The van der Waals surface area contributed by atoms with Crippen molar-refractivity contribution in [1.29, 1.82) is 0 Å². The van der Waals surface area contributed by atoms with Crippen LogP contribution < -0.4 is 4.74 Å². The van der Waals surface area contributed by atoms with E-state index in [1.165, 1.54) is 5.56 Å². The molecular weight excluding hydrogens is 422 g/mol. The first kappa shape index (κ1) is 24.3. The van der Waals surface area contributed by atoms with Gasteiger partial charge in [-0.2, -0.15) is 0 Å². The lowest BCUT2D eigenvalue weighted by Gasteiger charge is -2.29. The van der Waals surface area contributed by atoms with Crippen LogP contribution in [-0.4, -0.2) is 43.4 Å². The zero-order valence-electron chi connectivity index (χ0n) is 19.6. The second-order valence-corrected chi connectivity index (χ2v) is 11.9. The first-order valence-electron chi connectivity index (χ1n) is 11.4. The minimum absolute atomic E-state index is 0.0248. The van der Waals surface area contributed by atoms with Crippen molar-refractivity contribution in [3.63, 3.8) is 0 Å². The summed E-state index contributed by atoms with van der Waals surface area (Å²) in [4.78, 5) is 15.2. The van der Waals surface area contributed by atoms with Crippen molar-refractivity contribution in [3.05, 3.63) is 65.2 Å². The topological polar surface area (TPSA) is 63.7 Å². The van der Waals surface area contributed by atoms with Crippen LogP contribution in [0.15, 0.2) is 48.5 Å². The molecule has 5 nitrogen and oxygen atoms in total. The van der Waals surface area contributed by atoms with E-state index in [-0.39, 0.29) is 28.9 Å². The second kappa shape index (κ2) is 10.1. The number of hydrogen-bond donors (Lipinski definition) is 0. The molecule has 0 unspecified atom stereocenters. The van der Waals surface area contributed by atoms with E-state index in [4.69, 9.17) is 4.74 Å². The summed E-state index contributed by atoms with van der Waals surface area (Å²) in [6, 6.07) is 15.1. The first-order valence-corrected chi connectivity index (χ1v) is 13.2. The third kappa shape index (κ3) is 6.35. The summed E-state index contributed by atoms with van der Waals surface area (Å²) in [6.45, 7) is 9.64. The van der Waals surface area contributed by atoms with E-state index in [0.717, 1.165) is 24.2 Å². The lowest BCUT2D eigenvalue weighted by Crippen LogP contribution is -2.40. The highest BCUT2D eigenvalue weighted by Crippen LogP contribution is 2.26. The van der Waals surface area contributed by atoms with Crippen LogP contribution >= 0.6 is 0 Å². The summed E-state index contributed by atoms with van der Waals surface area (Å²) in [7, 11) is -3.11. The molecule has 0 aliphatic carbocycles. The van der Waals surface area contributed by atoms with Gasteiger partial charge in [-0.1, -0.05) is 58.4 Å². The number of unbranched alkanes of at least 4 members (excludes halogenated alkanes) is 1. The number of amides is 1. The average Bonchev–Trinajstić information content (AvgIpc) is 3.11. The molecule has 0 bridgehead atoms. The number of benzene rings is 2. The Morgan fingerprint density at radius 2 is 1.72 bits per heavy atom. The summed E-state index contributed by atoms with van der Waals surface area (Å²) in [6.07, 6.45) is 2.53. The standard InChI is InChI=1S/C26H35NO4S/c1-5-6-16-31-24-13-9-21(10-14-24)25(28)27(23-15-17-32(29,30)19-23)18-20-7-11-22(12-8-20)26(2,3)4/h7-14,23H,5-6,15-19H2,1-4H3/t23-/m0/s1. The Bertz CT molecular complexity index is 1010. The molecule has 0 radical (unpaired) electrons. The minimum atomic E-state index is -3.11. The monoisotopic (exact) mass is 457 g/mol. The van der Waals surface area contributed by atoms with Gasteiger partial charge in [0.2, 0.25) is 0 Å². The molecular formula is C26H35NO4S. The van der Waals surface area contributed by atoms with Gasteiger partial charge >= 0.3 is 0 Å². The van der Waals surface area contributed by atoms with Crippen LogP contribution in [0.25, 0.3) is 0 Å². The number of hydrogen-bond acceptors (Lipinski definition) is 4. The third-order valence-electron chi connectivity index (χ3n) is 5.95. The minimum Gasteiger partial charge on any atom is -0.494 e. The Morgan fingerprint density at radius 1 is 1.06 bits per heavy atom. The van der Waals surface area contributed by atoms with Crippen LogP contribution in [0.4, 0.5) is 0 Å². The molecule has 1 aliphatic heterocycles. The SMILES string of the molecule is CCCCOc1ccc(C(=O)N(Cc2ccc(C(C)(C)C)cc2)[C@H]2CCS(=O)(=O)C2)cc1. The molecule has 1 atom stereocenters. The van der Waals surface area contributed by atoms with Gasteiger partial charge in [0.15, 0.2) is 9.84 Å². The Hall–Kier alpha value is -2.34. The zero-order valence-corrected chi connectivity index (χ0v) is 20.5. The molecule has 1 aliphatic rings. The molecule has 2 aromatic carbocycles. The fourth-order valence-electron chi connectivity index (χ4n) is 3.89. The molecule has 0 N–H and O–H groups in total. The van der Waals surface area contributed by atoms with Gasteiger partial charge in [-0.05, 0) is 53.6 Å². The van der Waals surface area contributed by atoms with E-state index in [9.17, 15) is 13.2 Å². The highest BCUT2D eigenvalue weighted by molar-refractivity contribution is 7.91. The molecule has 0 spiro atoms. The molecule has 6 heteroatoms. The van der Waals surface area contributed by atoms with Gasteiger partial charge in [0, 0.05) is 18.2 Å². The summed E-state index contributed by atoms with van der Waals surface area (Å²) in [5.41, 5.74) is 2.81. The van der Waals surface area contributed by atoms with Gasteiger partial charge in [0.25, 0.3) is 5.91 Å². The Kier molecular flexibility index (Phi) is 7.65. The first-order chi connectivity index (χ1) is 15.1. The van der Waals surface area contributed by atoms with Crippen molar-refractivity contribution in [2.45, 2.75) is 65.0 Å². The molecule has 1 saturated heterocycles. The van der Waals surface area contributed by atoms with Crippen LogP contribution in [0.3, 0.4) is 0 Å². The summed E-state index contributed by atoms with van der Waals surface area (Å²) < 4.78 is 30.0. The van der Waals surface area contributed by atoms with Gasteiger partial charge in [-0.25, -0.2) is 8.42 Å². The van der Waals surface area contributed by atoms with Crippen LogP contribution in [0.1, 0.15) is 68.4 Å². The lowest BCUT2D eigenvalue weighted by atomic mass is 9.86. The highest BCUT2D eigenvalue weighted by Gasteiger charge is 2.35. The van der Waals surface area contributed by atoms with Crippen molar-refractivity contribution in [1.82, 2.24) is 4.90 Å². The summed E-state index contributed by atoms with van der Waals surface area (Å²) in [5.74, 6) is 0.751. The number of carbonyl (C=O) groups excluding carboxylic acids is 1. The van der Waals surface area contributed by atoms with Crippen LogP contribution in [0, 0.1) is 0 Å². The van der Waals surface area contributed by atoms with Gasteiger partial charge < -0.3 is 9.64 Å². The third-order valence-corrected chi connectivity index (χ3v) is 7.70. The van der Waals surface area contributed by atoms with Gasteiger partial charge in [0.05, 0.1) is 18.1 Å². The van der Waals surface area contributed by atoms with Crippen molar-refractivity contribution < 1.29 is 17.9 Å². The predicted molar refractivity (Wildman–Crippen MR) is 129 cm³/mol. The average molecular weight is 458 g/mol. The second-order valence-electron chi connectivity index (χ2n) is 9.66. The maximum atomic E-state index is 13.4. The predicted octanol–water partition coefficient (Wildman–Crippen LogP) is 4.99. The van der Waals surface area contributed by atoms with Crippen molar-refractivity contribution >= 4 is 15.7 Å². The highest BCUT2D eigenvalue weighted by atomic mass is 32.2. The van der Waals surface area contributed by atoms with Gasteiger partial charge in [0.1, 0.15) is 5.75 Å². The number of sulfone groups is 1. The molecule has 32 heavy (non-hydrogen) atoms. The van der Waals surface area contributed by atoms with Crippen molar-refractivity contribution in [2.24, 2.45) is 0 Å². The van der Waals surface area contributed by atoms with E-state index >= 15 is 0 Å². The van der Waals surface area contributed by atoms with Crippen LogP contribution in [0.2, 0.25) is 0 Å². The molecule has 1 heterocycles. The van der Waals surface area contributed by atoms with Crippen molar-refractivity contribution in [2.75, 3.05) is 18.1 Å². The van der Waals surface area contributed by atoms with E-state index in [2.05, 4.69) is 39.8 Å². The fraction of sp³-hybridized carbons (Fsp3) is 0.500. The van der Waals surface area contributed by atoms with Crippen molar-refractivity contribution in [3.8, 4) is 5.75 Å². The molecule has 3 rings (SSSR count). The number of nitrogens with zero attached hydrogens (tertiary/aromatic N) is 1. The maximum Gasteiger partial charge on any atom is 0.254 e. The Balaban J connectivity index is 1.80.